The van der Waals surface area contributed by atoms with Crippen molar-refractivity contribution in [2.75, 3.05) is 5.32 Å². The molecule has 1 amide bonds. The molecule has 1 atom stereocenters. The van der Waals surface area contributed by atoms with Crippen molar-refractivity contribution in [2.24, 2.45) is 0 Å². The second-order valence-corrected chi connectivity index (χ2v) is 5.95. The van der Waals surface area contributed by atoms with Gasteiger partial charge in [-0.15, -0.1) is 0 Å². The predicted octanol–water partition coefficient (Wildman–Crippen LogP) is 4.63. The lowest BCUT2D eigenvalue weighted by Crippen LogP contribution is -2.22. The molecule has 0 aliphatic carbocycles. The van der Waals surface area contributed by atoms with Crippen molar-refractivity contribution in [2.45, 2.75) is 19.2 Å². The third kappa shape index (κ3) is 3.86. The third-order valence-electron chi connectivity index (χ3n) is 4.07. The Balaban J connectivity index is 2.07. The molecule has 6 nitrogen and oxygen atoms in total. The molecule has 146 valence electrons. The third-order valence-corrected chi connectivity index (χ3v) is 4.07. The van der Waals surface area contributed by atoms with Crippen molar-refractivity contribution < 1.29 is 32.5 Å². The van der Waals surface area contributed by atoms with Crippen LogP contribution in [0.25, 0.3) is 21.9 Å². The molecule has 0 radical (unpaired) electrons. The van der Waals surface area contributed by atoms with Gasteiger partial charge in [-0.1, -0.05) is 12.1 Å². The number of pyridine rings is 2. The summed E-state index contributed by atoms with van der Waals surface area (Å²) in [5, 5.41) is 12.9. The van der Waals surface area contributed by atoms with E-state index in [9.17, 15) is 27.6 Å². The van der Waals surface area contributed by atoms with E-state index in [-0.39, 0.29) is 11.4 Å². The number of amides is 1. The maximum atomic E-state index is 13.0. The minimum absolute atomic E-state index is 0.0358. The molecule has 2 aromatic heterocycles. The molecule has 3 rings (SSSR count). The lowest BCUT2D eigenvalue weighted by atomic mass is 9.95. The Kier molecular flexibility index (Phi) is 5.14. The van der Waals surface area contributed by atoms with Gasteiger partial charge in [-0.3, -0.25) is 10.3 Å². The average Bonchev–Trinajstić information content (AvgIpc) is 2.66. The van der Waals surface area contributed by atoms with Gasteiger partial charge in [0.25, 0.3) is 0 Å². The standard InChI is InChI=1S/C18H13F4N3O3/c1-9-4-5-23-15(16(26)18(19,20)21)14(9)11-3-2-10-7-13(25-17(27)28-22)24-8-12(10)6-11/h2-8,16,26H,1H3,(H,24,25,27)/t16-/m0/s1. The molecule has 0 aliphatic heterocycles. The molecule has 0 saturated carbocycles. The first kappa shape index (κ1) is 19.5. The lowest BCUT2D eigenvalue weighted by molar-refractivity contribution is -0.207. The summed E-state index contributed by atoms with van der Waals surface area (Å²) in [6.07, 6.45) is -6.36. The van der Waals surface area contributed by atoms with Crippen LogP contribution < -0.4 is 5.32 Å². The molecule has 2 heterocycles. The number of anilines is 1. The number of hydrogen-bond donors (Lipinski definition) is 2. The van der Waals surface area contributed by atoms with Crippen LogP contribution >= 0.6 is 0 Å². The first-order valence-corrected chi connectivity index (χ1v) is 7.90. The Morgan fingerprint density at radius 2 is 1.93 bits per heavy atom. The van der Waals surface area contributed by atoms with Crippen LogP contribution in [-0.4, -0.2) is 27.3 Å². The van der Waals surface area contributed by atoms with Crippen molar-refractivity contribution in [3.05, 3.63) is 54.0 Å². The Morgan fingerprint density at radius 1 is 1.18 bits per heavy atom. The van der Waals surface area contributed by atoms with Gasteiger partial charge in [0.1, 0.15) is 5.82 Å². The minimum Gasteiger partial charge on any atom is -0.378 e. The molecule has 1 aromatic carbocycles. The van der Waals surface area contributed by atoms with Crippen LogP contribution in [0.5, 0.6) is 0 Å². The normalized spacial score (nSPS) is 12.6. The molecule has 2 N–H and O–H groups in total. The van der Waals surface area contributed by atoms with Gasteiger partial charge >= 0.3 is 12.3 Å². The van der Waals surface area contributed by atoms with E-state index in [1.807, 2.05) is 0 Å². The van der Waals surface area contributed by atoms with Crippen molar-refractivity contribution in [1.82, 2.24) is 9.97 Å². The highest BCUT2D eigenvalue weighted by Crippen LogP contribution is 2.38. The number of nitrogens with one attached hydrogen (secondary N) is 1. The summed E-state index contributed by atoms with van der Waals surface area (Å²) in [7, 11) is 0. The second-order valence-electron chi connectivity index (χ2n) is 5.95. The maximum Gasteiger partial charge on any atom is 0.450 e. The zero-order valence-corrected chi connectivity index (χ0v) is 14.3. The number of alkyl halides is 3. The van der Waals surface area contributed by atoms with E-state index in [0.29, 0.717) is 21.9 Å². The molecule has 3 aromatic rings. The molecular formula is C18H13F4N3O3. The van der Waals surface area contributed by atoms with Crippen LogP contribution in [-0.2, 0) is 4.94 Å². The van der Waals surface area contributed by atoms with Crippen molar-refractivity contribution in [3.63, 3.8) is 0 Å². The molecule has 28 heavy (non-hydrogen) atoms. The summed E-state index contributed by atoms with van der Waals surface area (Å²) in [5.41, 5.74) is 0.577. The van der Waals surface area contributed by atoms with Gasteiger partial charge in [0, 0.05) is 27.9 Å². The second kappa shape index (κ2) is 7.39. The van der Waals surface area contributed by atoms with E-state index in [4.69, 9.17) is 0 Å². The number of aromatic nitrogens is 2. The zero-order valence-electron chi connectivity index (χ0n) is 14.3. The number of aliphatic hydroxyl groups excluding tert-OH is 1. The number of carbonyl (C=O) groups excluding carboxylic acids is 1. The number of carbonyl (C=O) groups is 1. The van der Waals surface area contributed by atoms with E-state index in [0.717, 1.165) is 0 Å². The number of aliphatic hydroxyl groups is 1. The average molecular weight is 395 g/mol. The molecule has 10 heteroatoms. The van der Waals surface area contributed by atoms with Crippen molar-refractivity contribution in [3.8, 4) is 11.1 Å². The largest absolute Gasteiger partial charge is 0.450 e. The summed E-state index contributed by atoms with van der Waals surface area (Å²) in [4.78, 5) is 21.6. The number of aryl methyl sites for hydroxylation is 1. The van der Waals surface area contributed by atoms with Gasteiger partial charge in [-0.25, -0.2) is 14.7 Å². The predicted molar refractivity (Wildman–Crippen MR) is 91.9 cm³/mol. The van der Waals surface area contributed by atoms with E-state index < -0.39 is 24.1 Å². The van der Waals surface area contributed by atoms with E-state index in [1.165, 1.54) is 18.5 Å². The summed E-state index contributed by atoms with van der Waals surface area (Å²) in [5.74, 6) is 0.0358. The van der Waals surface area contributed by atoms with Crippen LogP contribution in [0.3, 0.4) is 0 Å². The number of nitrogens with zero attached hydrogens (tertiary/aromatic N) is 2. The Labute approximate surface area is 155 Å². The molecule has 0 fully saturated rings. The SMILES string of the molecule is Cc1ccnc([C@H](O)C(F)(F)F)c1-c1ccc2cc(NC(=O)OF)ncc2c1. The Morgan fingerprint density at radius 3 is 2.61 bits per heavy atom. The topological polar surface area (TPSA) is 84.3 Å². The summed E-state index contributed by atoms with van der Waals surface area (Å²) < 4.78 is 50.9. The molecular weight excluding hydrogens is 382 g/mol. The van der Waals surface area contributed by atoms with Crippen LogP contribution in [0.4, 0.5) is 28.3 Å². The van der Waals surface area contributed by atoms with Gasteiger partial charge in [-0.05, 0) is 41.6 Å². The summed E-state index contributed by atoms with van der Waals surface area (Å²) >= 11 is 0. The van der Waals surface area contributed by atoms with E-state index in [1.54, 1.807) is 31.2 Å². The smallest absolute Gasteiger partial charge is 0.378 e. The van der Waals surface area contributed by atoms with E-state index in [2.05, 4.69) is 20.2 Å². The van der Waals surface area contributed by atoms with Crippen molar-refractivity contribution >= 4 is 22.7 Å². The minimum atomic E-state index is -4.86. The highest BCUT2D eigenvalue weighted by Gasteiger charge is 2.41. The lowest BCUT2D eigenvalue weighted by Gasteiger charge is -2.19. The molecule has 0 aliphatic rings. The van der Waals surface area contributed by atoms with Gasteiger partial charge in [0.2, 0.25) is 0 Å². The van der Waals surface area contributed by atoms with Crippen LogP contribution in [0.15, 0.2) is 42.7 Å². The van der Waals surface area contributed by atoms with Crippen LogP contribution in [0, 0.1) is 6.92 Å². The quantitative estimate of drug-likeness (QED) is 0.632. The highest BCUT2D eigenvalue weighted by molar-refractivity contribution is 5.91. The Hall–Kier alpha value is -3.27. The number of benzene rings is 1. The van der Waals surface area contributed by atoms with Gasteiger partial charge < -0.3 is 5.11 Å². The molecule has 0 unspecified atom stereocenters. The van der Waals surface area contributed by atoms with Crippen LogP contribution in [0.2, 0.25) is 0 Å². The summed E-state index contributed by atoms with van der Waals surface area (Å²) in [6, 6.07) is 7.71. The number of fused-ring (bicyclic) bond motifs is 1. The molecule has 0 saturated heterocycles. The molecule has 0 spiro atoms. The number of rotatable bonds is 3. The van der Waals surface area contributed by atoms with Gasteiger partial charge in [0.15, 0.2) is 6.10 Å². The van der Waals surface area contributed by atoms with Gasteiger partial charge in [0.05, 0.1) is 5.69 Å². The fourth-order valence-corrected chi connectivity index (χ4v) is 2.81. The van der Waals surface area contributed by atoms with Crippen LogP contribution in [0.1, 0.15) is 17.4 Å². The first-order valence-electron chi connectivity index (χ1n) is 7.90. The monoisotopic (exact) mass is 395 g/mol. The summed E-state index contributed by atoms with van der Waals surface area (Å²) in [6.45, 7) is 1.61. The zero-order chi connectivity index (χ0) is 20.5. The fraction of sp³-hybridized carbons (Fsp3) is 0.167. The highest BCUT2D eigenvalue weighted by atomic mass is 19.4. The Bertz CT molecular complexity index is 1040. The number of halogens is 4. The first-order chi connectivity index (χ1) is 13.2. The fourth-order valence-electron chi connectivity index (χ4n) is 2.81. The molecule has 0 bridgehead atoms. The number of hydrogen-bond acceptors (Lipinski definition) is 5. The van der Waals surface area contributed by atoms with Crippen molar-refractivity contribution in [1.29, 1.82) is 0 Å². The van der Waals surface area contributed by atoms with E-state index >= 15 is 0 Å². The van der Waals surface area contributed by atoms with Gasteiger partial charge in [-0.2, -0.15) is 13.2 Å². The maximum absolute atomic E-state index is 13.0.